The van der Waals surface area contributed by atoms with Crippen molar-refractivity contribution in [2.45, 2.75) is 44.1 Å². The predicted octanol–water partition coefficient (Wildman–Crippen LogP) is 2.98. The lowest BCUT2D eigenvalue weighted by atomic mass is 10.0. The highest BCUT2D eigenvalue weighted by Crippen LogP contribution is 2.55. The van der Waals surface area contributed by atoms with E-state index in [-0.39, 0.29) is 5.54 Å². The van der Waals surface area contributed by atoms with Crippen LogP contribution < -0.4 is 5.73 Å². The first-order valence-corrected chi connectivity index (χ1v) is 6.03. The summed E-state index contributed by atoms with van der Waals surface area (Å²) < 4.78 is 0. The van der Waals surface area contributed by atoms with Crippen molar-refractivity contribution in [2.75, 3.05) is 0 Å². The van der Waals surface area contributed by atoms with Crippen LogP contribution >= 0.6 is 0 Å². The maximum Gasteiger partial charge on any atom is 0.0233 e. The molecule has 2 atom stereocenters. The highest BCUT2D eigenvalue weighted by atomic mass is 14.9. The van der Waals surface area contributed by atoms with E-state index in [2.05, 4.69) is 31.2 Å². The molecule has 1 heteroatoms. The quantitative estimate of drug-likeness (QED) is 0.799. The van der Waals surface area contributed by atoms with Crippen molar-refractivity contribution in [3.05, 3.63) is 35.4 Å². The fraction of sp³-hybridized carbons (Fsp3) is 0.571. The summed E-state index contributed by atoms with van der Waals surface area (Å²) in [6, 6.07) is 8.90. The Balaban J connectivity index is 1.71. The standard InChI is InChI=1S/C14H19N/c1-10-2-6-12(7-3-10)13-9-14(13,15)8-11-4-5-11/h2-3,6-7,11,13H,4-5,8-9,15H2,1H3. The summed E-state index contributed by atoms with van der Waals surface area (Å²) in [5.41, 5.74) is 9.34. The predicted molar refractivity (Wildman–Crippen MR) is 62.8 cm³/mol. The van der Waals surface area contributed by atoms with Crippen molar-refractivity contribution in [1.82, 2.24) is 0 Å². The van der Waals surface area contributed by atoms with Gasteiger partial charge in [-0.15, -0.1) is 0 Å². The molecule has 0 aromatic heterocycles. The molecule has 0 saturated heterocycles. The molecule has 1 aromatic carbocycles. The van der Waals surface area contributed by atoms with E-state index >= 15 is 0 Å². The number of hydrogen-bond donors (Lipinski definition) is 1. The molecule has 0 radical (unpaired) electrons. The second-order valence-electron chi connectivity index (χ2n) is 5.55. The third kappa shape index (κ3) is 1.81. The normalized spacial score (nSPS) is 34.1. The van der Waals surface area contributed by atoms with Gasteiger partial charge in [0.2, 0.25) is 0 Å². The number of benzene rings is 1. The van der Waals surface area contributed by atoms with Gasteiger partial charge in [0, 0.05) is 11.5 Å². The Kier molecular flexibility index (Phi) is 1.93. The van der Waals surface area contributed by atoms with Crippen LogP contribution in [0.5, 0.6) is 0 Å². The van der Waals surface area contributed by atoms with E-state index in [0.717, 1.165) is 5.92 Å². The maximum absolute atomic E-state index is 6.40. The summed E-state index contributed by atoms with van der Waals surface area (Å²) in [7, 11) is 0. The lowest BCUT2D eigenvalue weighted by molar-refractivity contribution is 0.545. The second kappa shape index (κ2) is 3.08. The fourth-order valence-corrected chi connectivity index (χ4v) is 2.65. The van der Waals surface area contributed by atoms with Gasteiger partial charge in [0.1, 0.15) is 0 Å². The van der Waals surface area contributed by atoms with Crippen molar-refractivity contribution in [1.29, 1.82) is 0 Å². The second-order valence-corrected chi connectivity index (χ2v) is 5.55. The number of aryl methyl sites for hydroxylation is 1. The summed E-state index contributed by atoms with van der Waals surface area (Å²) >= 11 is 0. The zero-order chi connectivity index (χ0) is 10.5. The molecule has 0 spiro atoms. The maximum atomic E-state index is 6.40. The van der Waals surface area contributed by atoms with Gasteiger partial charge in [-0.3, -0.25) is 0 Å². The van der Waals surface area contributed by atoms with Gasteiger partial charge in [-0.2, -0.15) is 0 Å². The van der Waals surface area contributed by atoms with E-state index in [4.69, 9.17) is 5.73 Å². The molecule has 2 saturated carbocycles. The SMILES string of the molecule is Cc1ccc(C2CC2(N)CC2CC2)cc1. The van der Waals surface area contributed by atoms with Crippen LogP contribution in [0.25, 0.3) is 0 Å². The molecule has 0 heterocycles. The summed E-state index contributed by atoms with van der Waals surface area (Å²) in [4.78, 5) is 0. The zero-order valence-corrected chi connectivity index (χ0v) is 9.37. The average molecular weight is 201 g/mol. The van der Waals surface area contributed by atoms with E-state index in [0.29, 0.717) is 5.92 Å². The van der Waals surface area contributed by atoms with Crippen LogP contribution in [0.1, 0.15) is 42.7 Å². The van der Waals surface area contributed by atoms with E-state index < -0.39 is 0 Å². The molecular weight excluding hydrogens is 182 g/mol. The van der Waals surface area contributed by atoms with Crippen molar-refractivity contribution in [2.24, 2.45) is 11.7 Å². The van der Waals surface area contributed by atoms with Gasteiger partial charge in [0.25, 0.3) is 0 Å². The van der Waals surface area contributed by atoms with Crippen LogP contribution in [0.15, 0.2) is 24.3 Å². The summed E-state index contributed by atoms with van der Waals surface area (Å²) in [6.07, 6.45) is 5.29. The highest BCUT2D eigenvalue weighted by Gasteiger charge is 2.53. The third-order valence-corrected chi connectivity index (χ3v) is 3.96. The molecule has 2 unspecified atom stereocenters. The number of hydrogen-bond acceptors (Lipinski definition) is 1. The Morgan fingerprint density at radius 2 is 1.93 bits per heavy atom. The third-order valence-electron chi connectivity index (χ3n) is 3.96. The Hall–Kier alpha value is -0.820. The van der Waals surface area contributed by atoms with E-state index in [9.17, 15) is 0 Å². The Morgan fingerprint density at radius 3 is 2.53 bits per heavy atom. The van der Waals surface area contributed by atoms with Gasteiger partial charge >= 0.3 is 0 Å². The van der Waals surface area contributed by atoms with Gasteiger partial charge in [0.15, 0.2) is 0 Å². The van der Waals surface area contributed by atoms with Crippen LogP contribution in [0, 0.1) is 12.8 Å². The Bertz CT molecular complexity index is 363. The molecule has 15 heavy (non-hydrogen) atoms. The summed E-state index contributed by atoms with van der Waals surface area (Å²) in [5, 5.41) is 0. The van der Waals surface area contributed by atoms with Crippen LogP contribution in [0.3, 0.4) is 0 Å². The first kappa shape index (κ1) is 9.41. The molecule has 0 amide bonds. The first-order chi connectivity index (χ1) is 7.17. The summed E-state index contributed by atoms with van der Waals surface area (Å²) in [6.45, 7) is 2.14. The molecule has 2 aliphatic rings. The molecule has 1 nitrogen and oxygen atoms in total. The van der Waals surface area contributed by atoms with Gasteiger partial charge in [-0.05, 0) is 31.2 Å². The average Bonchev–Trinajstić information content (AvgIpc) is 3.09. The van der Waals surface area contributed by atoms with E-state index in [1.54, 1.807) is 0 Å². The van der Waals surface area contributed by atoms with Crippen LogP contribution in [-0.2, 0) is 0 Å². The zero-order valence-electron chi connectivity index (χ0n) is 9.37. The first-order valence-electron chi connectivity index (χ1n) is 6.03. The minimum absolute atomic E-state index is 0.149. The Labute approximate surface area is 91.7 Å². The van der Waals surface area contributed by atoms with Gasteiger partial charge in [-0.1, -0.05) is 42.7 Å². The topological polar surface area (TPSA) is 26.0 Å². The Morgan fingerprint density at radius 1 is 1.27 bits per heavy atom. The lowest BCUT2D eigenvalue weighted by Crippen LogP contribution is -2.24. The largest absolute Gasteiger partial charge is 0.325 e. The number of nitrogens with two attached hydrogens (primary N) is 1. The molecule has 1 aromatic rings. The lowest BCUT2D eigenvalue weighted by Gasteiger charge is -2.10. The molecule has 80 valence electrons. The molecule has 2 aliphatic carbocycles. The minimum Gasteiger partial charge on any atom is -0.325 e. The fourth-order valence-electron chi connectivity index (χ4n) is 2.65. The van der Waals surface area contributed by atoms with Crippen molar-refractivity contribution in [3.63, 3.8) is 0 Å². The molecule has 0 aliphatic heterocycles. The smallest absolute Gasteiger partial charge is 0.0233 e. The molecule has 0 bridgehead atoms. The highest BCUT2D eigenvalue weighted by molar-refractivity contribution is 5.34. The van der Waals surface area contributed by atoms with Crippen LogP contribution in [0.4, 0.5) is 0 Å². The van der Waals surface area contributed by atoms with Crippen molar-refractivity contribution in [3.8, 4) is 0 Å². The van der Waals surface area contributed by atoms with Crippen molar-refractivity contribution < 1.29 is 0 Å². The molecular formula is C14H19N. The summed E-state index contributed by atoms with van der Waals surface area (Å²) in [5.74, 6) is 1.59. The molecule has 2 fully saturated rings. The van der Waals surface area contributed by atoms with Gasteiger partial charge in [-0.25, -0.2) is 0 Å². The van der Waals surface area contributed by atoms with Crippen LogP contribution in [-0.4, -0.2) is 5.54 Å². The van der Waals surface area contributed by atoms with Crippen molar-refractivity contribution >= 4 is 0 Å². The van der Waals surface area contributed by atoms with Gasteiger partial charge in [0.05, 0.1) is 0 Å². The van der Waals surface area contributed by atoms with Crippen LogP contribution in [0.2, 0.25) is 0 Å². The minimum atomic E-state index is 0.149. The van der Waals surface area contributed by atoms with Gasteiger partial charge < -0.3 is 5.73 Å². The van der Waals surface area contributed by atoms with E-state index in [1.807, 2.05) is 0 Å². The number of rotatable bonds is 3. The monoisotopic (exact) mass is 201 g/mol. The van der Waals surface area contributed by atoms with E-state index in [1.165, 1.54) is 36.8 Å². The molecule has 3 rings (SSSR count). The molecule has 2 N–H and O–H groups in total.